The molecule has 0 aromatic carbocycles. The van der Waals surface area contributed by atoms with Crippen molar-refractivity contribution in [2.24, 2.45) is 0 Å². The van der Waals surface area contributed by atoms with Gasteiger partial charge in [0.1, 0.15) is 0 Å². The van der Waals surface area contributed by atoms with Gasteiger partial charge in [0, 0.05) is 11.5 Å². The lowest BCUT2D eigenvalue weighted by Crippen LogP contribution is -2.46. The zero-order chi connectivity index (χ0) is 12.6. The molecule has 0 radical (unpaired) electrons. The Hall–Kier alpha value is -1.58. The Morgan fingerprint density at radius 3 is 3.00 bits per heavy atom. The molecule has 1 heterocycles. The molecule has 1 N–H and O–H groups in total. The molecule has 4 heteroatoms. The largest absolute Gasteiger partial charge is 0.438 e. The molecule has 0 bridgehead atoms. The van der Waals surface area contributed by atoms with E-state index in [1.807, 2.05) is 0 Å². The van der Waals surface area contributed by atoms with Gasteiger partial charge in [-0.25, -0.2) is 4.98 Å². The monoisotopic (exact) mass is 246 g/mol. The summed E-state index contributed by atoms with van der Waals surface area (Å²) in [5.41, 5.74) is 0.682. The van der Waals surface area contributed by atoms with Gasteiger partial charge in [-0.3, -0.25) is 4.79 Å². The molecule has 1 amide bonds. The van der Waals surface area contributed by atoms with Gasteiger partial charge in [-0.15, -0.1) is 0 Å². The van der Waals surface area contributed by atoms with Crippen LogP contribution in [0.15, 0.2) is 23.0 Å². The van der Waals surface area contributed by atoms with Crippen LogP contribution < -0.4 is 5.32 Å². The van der Waals surface area contributed by atoms with Crippen molar-refractivity contribution in [3.63, 3.8) is 0 Å². The third-order valence-corrected chi connectivity index (χ3v) is 3.78. The maximum atomic E-state index is 12.3. The molecule has 1 saturated carbocycles. The lowest BCUT2D eigenvalue weighted by atomic mass is 9.87. The van der Waals surface area contributed by atoms with Crippen molar-refractivity contribution in [3.05, 3.63) is 30.0 Å². The fourth-order valence-electron chi connectivity index (χ4n) is 2.48. The van der Waals surface area contributed by atoms with Crippen molar-refractivity contribution >= 4 is 5.91 Å². The van der Waals surface area contributed by atoms with Crippen LogP contribution in [0, 0.1) is 0 Å². The van der Waals surface area contributed by atoms with E-state index in [0.717, 1.165) is 37.8 Å². The summed E-state index contributed by atoms with van der Waals surface area (Å²) in [6, 6.07) is 0. The molecule has 1 aromatic rings. The first-order valence-electron chi connectivity index (χ1n) is 6.59. The number of nitrogens with zero attached hydrogens (tertiary/aromatic N) is 1. The third kappa shape index (κ3) is 2.19. The topological polar surface area (TPSA) is 55.1 Å². The highest BCUT2D eigenvalue weighted by molar-refractivity contribution is 5.93. The molecule has 0 aliphatic heterocycles. The standard InChI is InChI=1S/C14H18N2O2/c1-14(7-3-2-4-8-14)16-13(17)12-11(10-5-6-10)15-9-18-12/h2-3,9-10H,4-8H2,1H3,(H,16,17). The first-order chi connectivity index (χ1) is 8.68. The lowest BCUT2D eigenvalue weighted by Gasteiger charge is -2.31. The number of rotatable bonds is 3. The van der Waals surface area contributed by atoms with Crippen LogP contribution in [0.3, 0.4) is 0 Å². The van der Waals surface area contributed by atoms with Gasteiger partial charge in [0.15, 0.2) is 6.39 Å². The molecule has 2 aliphatic rings. The van der Waals surface area contributed by atoms with E-state index >= 15 is 0 Å². The van der Waals surface area contributed by atoms with Crippen LogP contribution in [0.4, 0.5) is 0 Å². The third-order valence-electron chi connectivity index (χ3n) is 3.78. The second-order valence-electron chi connectivity index (χ2n) is 5.57. The molecule has 18 heavy (non-hydrogen) atoms. The summed E-state index contributed by atoms with van der Waals surface area (Å²) in [5, 5.41) is 3.10. The fourth-order valence-corrected chi connectivity index (χ4v) is 2.48. The Morgan fingerprint density at radius 2 is 2.33 bits per heavy atom. The number of amides is 1. The van der Waals surface area contributed by atoms with Gasteiger partial charge in [0.25, 0.3) is 5.91 Å². The van der Waals surface area contributed by atoms with Crippen LogP contribution in [0.1, 0.15) is 61.2 Å². The second-order valence-corrected chi connectivity index (χ2v) is 5.57. The molecule has 4 nitrogen and oxygen atoms in total. The van der Waals surface area contributed by atoms with E-state index in [2.05, 4.69) is 29.4 Å². The average molecular weight is 246 g/mol. The molecule has 1 unspecified atom stereocenters. The number of allylic oxidation sites excluding steroid dienone is 1. The van der Waals surface area contributed by atoms with Crippen LogP contribution in [0.25, 0.3) is 0 Å². The Labute approximate surface area is 106 Å². The Balaban J connectivity index is 1.74. The predicted molar refractivity (Wildman–Crippen MR) is 67.3 cm³/mol. The highest BCUT2D eigenvalue weighted by Crippen LogP contribution is 2.40. The number of oxazole rings is 1. The van der Waals surface area contributed by atoms with Gasteiger partial charge in [-0.1, -0.05) is 12.2 Å². The minimum atomic E-state index is -0.153. The van der Waals surface area contributed by atoms with Crippen LogP contribution in [0.5, 0.6) is 0 Å². The minimum Gasteiger partial charge on any atom is -0.438 e. The van der Waals surface area contributed by atoms with Gasteiger partial charge in [-0.2, -0.15) is 0 Å². The van der Waals surface area contributed by atoms with E-state index in [-0.39, 0.29) is 11.4 Å². The van der Waals surface area contributed by atoms with Gasteiger partial charge in [0.2, 0.25) is 5.76 Å². The quantitative estimate of drug-likeness (QED) is 0.834. The number of carbonyl (C=O) groups excluding carboxylic acids is 1. The SMILES string of the molecule is CC1(NC(=O)c2ocnc2C2CC2)CC=CCC1. The fraction of sp³-hybridized carbons (Fsp3) is 0.571. The summed E-state index contributed by atoms with van der Waals surface area (Å²) in [6.07, 6.45) is 10.8. The molecule has 0 saturated heterocycles. The van der Waals surface area contributed by atoms with Crippen molar-refractivity contribution < 1.29 is 9.21 Å². The van der Waals surface area contributed by atoms with E-state index in [4.69, 9.17) is 4.42 Å². The van der Waals surface area contributed by atoms with E-state index in [0.29, 0.717) is 11.7 Å². The van der Waals surface area contributed by atoms with E-state index in [1.54, 1.807) is 0 Å². The molecule has 96 valence electrons. The number of nitrogens with one attached hydrogen (secondary N) is 1. The molecule has 2 aliphatic carbocycles. The maximum Gasteiger partial charge on any atom is 0.289 e. The first-order valence-corrected chi connectivity index (χ1v) is 6.59. The molecular formula is C14H18N2O2. The highest BCUT2D eigenvalue weighted by Gasteiger charge is 2.34. The summed E-state index contributed by atoms with van der Waals surface area (Å²) < 4.78 is 5.27. The summed E-state index contributed by atoms with van der Waals surface area (Å²) in [6.45, 7) is 2.08. The summed E-state index contributed by atoms with van der Waals surface area (Å²) in [4.78, 5) is 16.4. The van der Waals surface area contributed by atoms with E-state index in [1.165, 1.54) is 6.39 Å². The first kappa shape index (κ1) is 11.5. The van der Waals surface area contributed by atoms with Crippen LogP contribution in [-0.2, 0) is 0 Å². The average Bonchev–Trinajstić information content (AvgIpc) is 3.07. The van der Waals surface area contributed by atoms with Crippen molar-refractivity contribution in [3.8, 4) is 0 Å². The van der Waals surface area contributed by atoms with Crippen LogP contribution >= 0.6 is 0 Å². The Bertz CT molecular complexity index is 488. The molecule has 1 atom stereocenters. The number of carbonyl (C=O) groups is 1. The number of hydrogen-bond donors (Lipinski definition) is 1. The smallest absolute Gasteiger partial charge is 0.289 e. The Morgan fingerprint density at radius 1 is 1.50 bits per heavy atom. The second kappa shape index (κ2) is 4.26. The minimum absolute atomic E-state index is 0.118. The zero-order valence-corrected chi connectivity index (χ0v) is 10.6. The molecular weight excluding hydrogens is 228 g/mol. The predicted octanol–water partition coefficient (Wildman–Crippen LogP) is 2.78. The summed E-state index contributed by atoms with van der Waals surface area (Å²) in [7, 11) is 0. The van der Waals surface area contributed by atoms with Crippen molar-refractivity contribution in [2.75, 3.05) is 0 Å². The Kier molecular flexibility index (Phi) is 2.73. The van der Waals surface area contributed by atoms with E-state index in [9.17, 15) is 4.79 Å². The molecule has 1 fully saturated rings. The van der Waals surface area contributed by atoms with Gasteiger partial charge in [-0.05, 0) is 39.0 Å². The van der Waals surface area contributed by atoms with Crippen molar-refractivity contribution in [2.45, 2.75) is 50.5 Å². The summed E-state index contributed by atoms with van der Waals surface area (Å²) in [5.74, 6) is 0.726. The molecule has 3 rings (SSSR count). The van der Waals surface area contributed by atoms with E-state index < -0.39 is 0 Å². The normalized spacial score (nSPS) is 27.2. The lowest BCUT2D eigenvalue weighted by molar-refractivity contribution is 0.0870. The van der Waals surface area contributed by atoms with Crippen molar-refractivity contribution in [1.29, 1.82) is 0 Å². The molecule has 0 spiro atoms. The van der Waals surface area contributed by atoms with Gasteiger partial charge < -0.3 is 9.73 Å². The van der Waals surface area contributed by atoms with Gasteiger partial charge >= 0.3 is 0 Å². The van der Waals surface area contributed by atoms with Gasteiger partial charge in [0.05, 0.1) is 5.69 Å². The maximum absolute atomic E-state index is 12.3. The number of aromatic nitrogens is 1. The molecule has 1 aromatic heterocycles. The number of hydrogen-bond acceptors (Lipinski definition) is 3. The highest BCUT2D eigenvalue weighted by atomic mass is 16.3. The van der Waals surface area contributed by atoms with Crippen LogP contribution in [-0.4, -0.2) is 16.4 Å². The van der Waals surface area contributed by atoms with Crippen molar-refractivity contribution in [1.82, 2.24) is 10.3 Å². The summed E-state index contributed by atoms with van der Waals surface area (Å²) >= 11 is 0. The zero-order valence-electron chi connectivity index (χ0n) is 10.6. The van der Waals surface area contributed by atoms with Crippen LogP contribution in [0.2, 0.25) is 0 Å².